The second-order valence-corrected chi connectivity index (χ2v) is 4.35. The molecule has 0 aliphatic carbocycles. The van der Waals surface area contributed by atoms with E-state index in [2.05, 4.69) is 0 Å². The van der Waals surface area contributed by atoms with E-state index < -0.39 is 37.0 Å². The van der Waals surface area contributed by atoms with E-state index in [0.717, 1.165) is 0 Å². The first kappa shape index (κ1) is 14.8. The molecule has 0 radical (unpaired) electrons. The molecule has 1 aromatic rings. The number of alkyl halides is 1. The molecule has 8 heteroatoms. The minimum Gasteiger partial charge on any atom is -0.482 e. The maximum Gasteiger partial charge on any atom is 0.328 e. The molecule has 0 spiro atoms. The van der Waals surface area contributed by atoms with Crippen LogP contribution in [0.5, 0.6) is 5.75 Å². The molecule has 0 saturated carbocycles. The van der Waals surface area contributed by atoms with Crippen molar-refractivity contribution in [2.45, 2.75) is 6.04 Å². The predicted octanol–water partition coefficient (Wildman–Crippen LogP) is -0.0491. The zero-order valence-electron chi connectivity index (χ0n) is 10.9. The third-order valence-corrected chi connectivity index (χ3v) is 2.90. The van der Waals surface area contributed by atoms with Crippen LogP contribution in [0, 0.1) is 0 Å². The Morgan fingerprint density at radius 2 is 2.14 bits per heavy atom. The molecule has 1 aromatic carbocycles. The Balaban J connectivity index is 2.10. The van der Waals surface area contributed by atoms with Crippen molar-refractivity contribution in [2.24, 2.45) is 0 Å². The van der Waals surface area contributed by atoms with Gasteiger partial charge in [-0.3, -0.25) is 14.5 Å². The molecule has 1 aliphatic rings. The topological polar surface area (TPSA) is 95.9 Å². The zero-order valence-corrected chi connectivity index (χ0v) is 10.9. The molecule has 0 bridgehead atoms. The fourth-order valence-corrected chi connectivity index (χ4v) is 1.88. The number of rotatable bonds is 5. The van der Waals surface area contributed by atoms with E-state index in [1.807, 2.05) is 5.32 Å². The van der Waals surface area contributed by atoms with Crippen molar-refractivity contribution in [2.75, 3.05) is 24.7 Å². The van der Waals surface area contributed by atoms with Gasteiger partial charge in [0.05, 0.1) is 5.69 Å². The summed E-state index contributed by atoms with van der Waals surface area (Å²) in [5, 5.41) is 10.7. The standard InChI is InChI=1S/C13H13FN2O5/c14-5-8(13(19)20)15-11(17)6-16-9-3-1-2-4-10(9)21-7-12(16)18/h1-4,8H,5-7H2,(H,15,17)(H,19,20). The number of anilines is 1. The van der Waals surface area contributed by atoms with Gasteiger partial charge in [0.1, 0.15) is 19.0 Å². The van der Waals surface area contributed by atoms with Crippen LogP contribution < -0.4 is 15.0 Å². The summed E-state index contributed by atoms with van der Waals surface area (Å²) in [4.78, 5) is 35.4. The quantitative estimate of drug-likeness (QED) is 0.794. The van der Waals surface area contributed by atoms with Crippen LogP contribution in [-0.2, 0) is 14.4 Å². The second-order valence-electron chi connectivity index (χ2n) is 4.35. The maximum atomic E-state index is 12.5. The molecule has 2 amide bonds. The fourth-order valence-electron chi connectivity index (χ4n) is 1.88. The number of amides is 2. The minimum atomic E-state index is -1.62. The maximum absolute atomic E-state index is 12.5. The number of fused-ring (bicyclic) bond motifs is 1. The van der Waals surface area contributed by atoms with Crippen LogP contribution in [0.3, 0.4) is 0 Å². The molecule has 0 saturated heterocycles. The van der Waals surface area contributed by atoms with Crippen molar-refractivity contribution in [3.63, 3.8) is 0 Å². The molecular formula is C13H13FN2O5. The van der Waals surface area contributed by atoms with Gasteiger partial charge in [-0.1, -0.05) is 12.1 Å². The van der Waals surface area contributed by atoms with E-state index in [4.69, 9.17) is 9.84 Å². The summed E-state index contributed by atoms with van der Waals surface area (Å²) < 4.78 is 17.7. The highest BCUT2D eigenvalue weighted by atomic mass is 19.1. The van der Waals surface area contributed by atoms with Crippen molar-refractivity contribution in [1.29, 1.82) is 0 Å². The highest BCUT2D eigenvalue weighted by Crippen LogP contribution is 2.31. The highest BCUT2D eigenvalue weighted by Gasteiger charge is 2.28. The van der Waals surface area contributed by atoms with Crippen molar-refractivity contribution in [1.82, 2.24) is 5.32 Å². The van der Waals surface area contributed by atoms with Gasteiger partial charge in [0.25, 0.3) is 5.91 Å². The largest absolute Gasteiger partial charge is 0.482 e. The molecule has 2 N–H and O–H groups in total. The summed E-state index contributed by atoms with van der Waals surface area (Å²) >= 11 is 0. The molecule has 2 rings (SSSR count). The average Bonchev–Trinajstić information content (AvgIpc) is 2.47. The number of carboxylic acid groups (broad SMARTS) is 1. The number of nitrogens with one attached hydrogen (secondary N) is 1. The van der Waals surface area contributed by atoms with Gasteiger partial charge < -0.3 is 15.2 Å². The van der Waals surface area contributed by atoms with Crippen LogP contribution in [0.1, 0.15) is 0 Å². The van der Waals surface area contributed by atoms with Crippen LogP contribution >= 0.6 is 0 Å². The number of hydrogen-bond donors (Lipinski definition) is 2. The molecule has 1 unspecified atom stereocenters. The van der Waals surface area contributed by atoms with Gasteiger partial charge in [0.15, 0.2) is 12.6 Å². The lowest BCUT2D eigenvalue weighted by Crippen LogP contribution is -2.49. The molecule has 7 nitrogen and oxygen atoms in total. The first-order chi connectivity index (χ1) is 10.0. The monoisotopic (exact) mass is 296 g/mol. The van der Waals surface area contributed by atoms with Crippen LogP contribution in [0.2, 0.25) is 0 Å². The van der Waals surface area contributed by atoms with Crippen molar-refractivity contribution in [3.05, 3.63) is 24.3 Å². The summed E-state index contributed by atoms with van der Waals surface area (Å²) in [5.74, 6) is -2.22. The van der Waals surface area contributed by atoms with Crippen LogP contribution in [0.25, 0.3) is 0 Å². The van der Waals surface area contributed by atoms with Crippen molar-refractivity contribution >= 4 is 23.5 Å². The number of aliphatic carboxylic acids is 1. The molecule has 112 valence electrons. The van der Waals surface area contributed by atoms with E-state index in [1.54, 1.807) is 24.3 Å². The number of carbonyl (C=O) groups excluding carboxylic acids is 2. The van der Waals surface area contributed by atoms with Gasteiger partial charge in [-0.2, -0.15) is 0 Å². The summed E-state index contributed by atoms with van der Waals surface area (Å²) in [7, 11) is 0. The first-order valence-electron chi connectivity index (χ1n) is 6.13. The predicted molar refractivity (Wildman–Crippen MR) is 69.8 cm³/mol. The number of carboxylic acids is 1. The number of halogens is 1. The van der Waals surface area contributed by atoms with Crippen molar-refractivity contribution in [3.8, 4) is 5.75 Å². The Labute approximate surface area is 119 Å². The van der Waals surface area contributed by atoms with Crippen molar-refractivity contribution < 1.29 is 28.6 Å². The van der Waals surface area contributed by atoms with Crippen LogP contribution in [-0.4, -0.2) is 48.8 Å². The fraction of sp³-hybridized carbons (Fsp3) is 0.308. The summed E-state index contributed by atoms with van der Waals surface area (Å²) in [5.41, 5.74) is 0.413. The van der Waals surface area contributed by atoms with E-state index in [9.17, 15) is 18.8 Å². The third-order valence-electron chi connectivity index (χ3n) is 2.90. The molecule has 1 heterocycles. The van der Waals surface area contributed by atoms with E-state index in [0.29, 0.717) is 11.4 Å². The Bertz CT molecular complexity index is 577. The average molecular weight is 296 g/mol. The third kappa shape index (κ3) is 3.28. The van der Waals surface area contributed by atoms with E-state index in [1.165, 1.54) is 4.90 Å². The molecular weight excluding hydrogens is 283 g/mol. The Morgan fingerprint density at radius 1 is 1.43 bits per heavy atom. The van der Waals surface area contributed by atoms with Gasteiger partial charge >= 0.3 is 5.97 Å². The number of hydrogen-bond acceptors (Lipinski definition) is 4. The van der Waals surface area contributed by atoms with E-state index in [-0.39, 0.29) is 6.61 Å². The van der Waals surface area contributed by atoms with Gasteiger partial charge in [-0.25, -0.2) is 9.18 Å². The SMILES string of the molecule is O=C(CN1C(=O)COc2ccccc21)NC(CF)C(=O)O. The van der Waals surface area contributed by atoms with Crippen LogP contribution in [0.4, 0.5) is 10.1 Å². The van der Waals surface area contributed by atoms with Gasteiger partial charge in [0, 0.05) is 0 Å². The normalized spacial score (nSPS) is 14.9. The van der Waals surface area contributed by atoms with Gasteiger partial charge in [0.2, 0.25) is 5.91 Å². The number of para-hydroxylation sites is 2. The Hall–Kier alpha value is -2.64. The molecule has 1 atom stereocenters. The molecule has 1 aliphatic heterocycles. The number of ether oxygens (including phenoxy) is 1. The summed E-state index contributed by atoms with van der Waals surface area (Å²) in [6.45, 7) is -1.84. The smallest absolute Gasteiger partial charge is 0.328 e. The lowest BCUT2D eigenvalue weighted by Gasteiger charge is -2.29. The molecule has 21 heavy (non-hydrogen) atoms. The lowest BCUT2D eigenvalue weighted by atomic mass is 10.2. The summed E-state index contributed by atoms with van der Waals surface area (Å²) in [6, 6.07) is 5.02. The van der Waals surface area contributed by atoms with E-state index >= 15 is 0 Å². The minimum absolute atomic E-state index is 0.213. The Kier molecular flexibility index (Phi) is 4.36. The number of nitrogens with zero attached hydrogens (tertiary/aromatic N) is 1. The van der Waals surface area contributed by atoms with Gasteiger partial charge in [-0.05, 0) is 12.1 Å². The molecule has 0 aromatic heterocycles. The zero-order chi connectivity index (χ0) is 15.4. The highest BCUT2D eigenvalue weighted by molar-refractivity contribution is 6.02. The first-order valence-corrected chi connectivity index (χ1v) is 6.13. The number of benzene rings is 1. The van der Waals surface area contributed by atoms with Gasteiger partial charge in [-0.15, -0.1) is 0 Å². The molecule has 0 fully saturated rings. The Morgan fingerprint density at radius 3 is 2.81 bits per heavy atom. The second kappa shape index (κ2) is 6.21. The van der Waals surface area contributed by atoms with Crippen LogP contribution in [0.15, 0.2) is 24.3 Å². The number of carbonyl (C=O) groups is 3. The summed E-state index contributed by atoms with van der Waals surface area (Å²) in [6.07, 6.45) is 0. The lowest BCUT2D eigenvalue weighted by molar-refractivity contribution is -0.142.